The minimum absolute atomic E-state index is 0.174. The number of carbonyl (C=O) groups excluding carboxylic acids is 1. The number of hydrogen-bond acceptors (Lipinski definition) is 9. The molecule has 1 atom stereocenters. The number of ether oxygens (including phenoxy) is 1. The summed E-state index contributed by atoms with van der Waals surface area (Å²) in [6.45, 7) is 7.81. The van der Waals surface area contributed by atoms with Crippen molar-refractivity contribution in [3.8, 4) is 5.75 Å². The number of amides is 1. The van der Waals surface area contributed by atoms with Crippen LogP contribution in [0.5, 0.6) is 5.75 Å². The Labute approximate surface area is 229 Å². The molecule has 10 heteroatoms. The molecule has 3 aromatic rings. The summed E-state index contributed by atoms with van der Waals surface area (Å²) >= 11 is 0. The van der Waals surface area contributed by atoms with E-state index in [0.717, 1.165) is 44.7 Å². The van der Waals surface area contributed by atoms with Gasteiger partial charge in [-0.3, -0.25) is 9.63 Å². The molecule has 3 heterocycles. The molecule has 39 heavy (non-hydrogen) atoms. The maximum absolute atomic E-state index is 12.3. The Morgan fingerprint density at radius 1 is 1.13 bits per heavy atom. The molecule has 2 fully saturated rings. The largest absolute Gasteiger partial charge is 0.494 e. The maximum atomic E-state index is 12.3. The second kappa shape index (κ2) is 12.1. The van der Waals surface area contributed by atoms with Crippen molar-refractivity contribution >= 4 is 34.6 Å². The summed E-state index contributed by atoms with van der Waals surface area (Å²) in [5.41, 5.74) is 3.50. The Kier molecular flexibility index (Phi) is 8.24. The molecule has 2 aromatic carbocycles. The quantitative estimate of drug-likeness (QED) is 0.401. The van der Waals surface area contributed by atoms with Gasteiger partial charge < -0.3 is 25.2 Å². The van der Waals surface area contributed by atoms with E-state index in [2.05, 4.69) is 68.3 Å². The third-order valence-corrected chi connectivity index (χ3v) is 7.07. The third-order valence-electron chi connectivity index (χ3n) is 7.07. The first kappa shape index (κ1) is 26.5. The zero-order valence-corrected chi connectivity index (χ0v) is 22.5. The fourth-order valence-corrected chi connectivity index (χ4v) is 4.94. The first-order valence-electron chi connectivity index (χ1n) is 13.2. The molecule has 204 valence electrons. The standard InChI is InChI=1S/C29H35N7O3/c1-4-29(37)33-23-17-24(26(38-3)18-25(23)35-13-11-34(2)12-14-35)32-27-19-28(31-20-30-27)36-22(10-15-39-36)16-21-8-6-5-7-9-21/h4-9,17-20,22H,1,10-16H2,2-3H3,(H,33,37)(H,30,31,32)/t22-/m1/s1. The molecule has 2 saturated heterocycles. The number of nitrogens with one attached hydrogen (secondary N) is 2. The van der Waals surface area contributed by atoms with Crippen molar-refractivity contribution < 1.29 is 14.4 Å². The van der Waals surface area contributed by atoms with Crippen molar-refractivity contribution in [2.45, 2.75) is 18.9 Å². The van der Waals surface area contributed by atoms with Gasteiger partial charge in [0.2, 0.25) is 5.91 Å². The fourth-order valence-electron chi connectivity index (χ4n) is 4.94. The highest BCUT2D eigenvalue weighted by atomic mass is 16.7. The van der Waals surface area contributed by atoms with Crippen LogP contribution in [0.2, 0.25) is 0 Å². The molecule has 0 unspecified atom stereocenters. The molecule has 1 aromatic heterocycles. The van der Waals surface area contributed by atoms with Crippen molar-refractivity contribution in [1.82, 2.24) is 14.9 Å². The second-order valence-corrected chi connectivity index (χ2v) is 9.73. The molecule has 2 aliphatic heterocycles. The SMILES string of the molecule is C=CC(=O)Nc1cc(Nc2cc(N3OCC[C@@H]3Cc3ccccc3)ncn2)c(OC)cc1N1CCN(C)CC1. The van der Waals surface area contributed by atoms with Gasteiger partial charge in [0.1, 0.15) is 17.9 Å². The molecular weight excluding hydrogens is 494 g/mol. The predicted molar refractivity (Wildman–Crippen MR) is 154 cm³/mol. The summed E-state index contributed by atoms with van der Waals surface area (Å²) < 4.78 is 5.76. The lowest BCUT2D eigenvalue weighted by atomic mass is 10.0. The molecule has 5 rings (SSSR count). The van der Waals surface area contributed by atoms with E-state index >= 15 is 0 Å². The third kappa shape index (κ3) is 6.30. The van der Waals surface area contributed by atoms with Crippen LogP contribution in [0.15, 0.2) is 67.5 Å². The fraction of sp³-hybridized carbons (Fsp3) is 0.345. The van der Waals surface area contributed by atoms with Crippen LogP contribution in [0.1, 0.15) is 12.0 Å². The number of benzene rings is 2. The Balaban J connectivity index is 1.40. The molecular formula is C29H35N7O3. The maximum Gasteiger partial charge on any atom is 0.247 e. The smallest absolute Gasteiger partial charge is 0.247 e. The second-order valence-electron chi connectivity index (χ2n) is 9.73. The highest BCUT2D eigenvalue weighted by Gasteiger charge is 2.28. The zero-order valence-electron chi connectivity index (χ0n) is 22.5. The van der Waals surface area contributed by atoms with Gasteiger partial charge in [0.05, 0.1) is 36.8 Å². The molecule has 10 nitrogen and oxygen atoms in total. The Hall–Kier alpha value is -4.15. The Morgan fingerprint density at radius 3 is 2.67 bits per heavy atom. The van der Waals surface area contributed by atoms with Crippen LogP contribution in [-0.2, 0) is 16.1 Å². The predicted octanol–water partition coefficient (Wildman–Crippen LogP) is 3.86. The van der Waals surface area contributed by atoms with E-state index in [9.17, 15) is 4.79 Å². The van der Waals surface area contributed by atoms with Gasteiger partial charge in [-0.05, 0) is 37.6 Å². The average molecular weight is 530 g/mol. The van der Waals surface area contributed by atoms with Crippen molar-refractivity contribution in [2.75, 3.05) is 67.5 Å². The molecule has 2 N–H and O–H groups in total. The van der Waals surface area contributed by atoms with E-state index in [1.54, 1.807) is 7.11 Å². The lowest BCUT2D eigenvalue weighted by Crippen LogP contribution is -2.44. The number of piperazine rings is 1. The highest BCUT2D eigenvalue weighted by molar-refractivity contribution is 6.02. The monoisotopic (exact) mass is 529 g/mol. The van der Waals surface area contributed by atoms with Gasteiger partial charge in [-0.1, -0.05) is 36.9 Å². The zero-order chi connectivity index (χ0) is 27.2. The van der Waals surface area contributed by atoms with Crippen LogP contribution < -0.4 is 25.3 Å². The number of hydrogen-bond donors (Lipinski definition) is 2. The molecule has 2 aliphatic rings. The van der Waals surface area contributed by atoms with Crippen molar-refractivity contribution in [1.29, 1.82) is 0 Å². The number of aromatic nitrogens is 2. The lowest BCUT2D eigenvalue weighted by Gasteiger charge is -2.35. The molecule has 1 amide bonds. The molecule has 0 aliphatic carbocycles. The first-order valence-corrected chi connectivity index (χ1v) is 13.2. The minimum atomic E-state index is -0.276. The van der Waals surface area contributed by atoms with Crippen LogP contribution >= 0.6 is 0 Å². The molecule has 0 saturated carbocycles. The lowest BCUT2D eigenvalue weighted by molar-refractivity contribution is -0.111. The summed E-state index contributed by atoms with van der Waals surface area (Å²) in [6, 6.07) is 16.2. The summed E-state index contributed by atoms with van der Waals surface area (Å²) in [6.07, 6.45) is 4.56. The number of methoxy groups -OCH3 is 1. The Morgan fingerprint density at radius 2 is 1.92 bits per heavy atom. The van der Waals surface area contributed by atoms with E-state index in [1.165, 1.54) is 18.0 Å². The van der Waals surface area contributed by atoms with Gasteiger partial charge in [0.25, 0.3) is 0 Å². The van der Waals surface area contributed by atoms with E-state index in [-0.39, 0.29) is 11.9 Å². The van der Waals surface area contributed by atoms with Crippen LogP contribution in [0.25, 0.3) is 0 Å². The first-order chi connectivity index (χ1) is 19.0. The van der Waals surface area contributed by atoms with Crippen molar-refractivity contribution in [3.05, 3.63) is 73.1 Å². The molecule has 0 spiro atoms. The van der Waals surface area contributed by atoms with Crippen molar-refractivity contribution in [3.63, 3.8) is 0 Å². The van der Waals surface area contributed by atoms with Gasteiger partial charge in [0.15, 0.2) is 5.82 Å². The van der Waals surface area contributed by atoms with Gasteiger partial charge >= 0.3 is 0 Å². The molecule has 0 bridgehead atoms. The molecule has 0 radical (unpaired) electrons. The van der Waals surface area contributed by atoms with E-state index in [0.29, 0.717) is 35.4 Å². The minimum Gasteiger partial charge on any atom is -0.494 e. The van der Waals surface area contributed by atoms with Gasteiger partial charge in [-0.15, -0.1) is 0 Å². The number of anilines is 5. The van der Waals surface area contributed by atoms with Crippen LogP contribution in [-0.4, -0.2) is 73.8 Å². The van der Waals surface area contributed by atoms with E-state index in [1.807, 2.05) is 29.3 Å². The highest BCUT2D eigenvalue weighted by Crippen LogP contribution is 2.39. The number of nitrogens with zero attached hydrogens (tertiary/aromatic N) is 5. The van der Waals surface area contributed by atoms with Gasteiger partial charge in [0, 0.05) is 38.3 Å². The summed E-state index contributed by atoms with van der Waals surface area (Å²) in [5.74, 6) is 1.63. The van der Waals surface area contributed by atoms with Gasteiger partial charge in [-0.2, -0.15) is 0 Å². The van der Waals surface area contributed by atoms with E-state index < -0.39 is 0 Å². The average Bonchev–Trinajstić information content (AvgIpc) is 3.42. The summed E-state index contributed by atoms with van der Waals surface area (Å²) in [7, 11) is 3.74. The number of likely N-dealkylation sites (N-methyl/N-ethyl adjacent to an activating group) is 1. The summed E-state index contributed by atoms with van der Waals surface area (Å²) in [5, 5.41) is 8.20. The topological polar surface area (TPSA) is 95.1 Å². The van der Waals surface area contributed by atoms with Gasteiger partial charge in [-0.25, -0.2) is 15.0 Å². The number of carbonyl (C=O) groups is 1. The van der Waals surface area contributed by atoms with Crippen LogP contribution in [0, 0.1) is 0 Å². The summed E-state index contributed by atoms with van der Waals surface area (Å²) in [4.78, 5) is 31.7. The normalized spacial score (nSPS) is 17.6. The van der Waals surface area contributed by atoms with Crippen LogP contribution in [0.3, 0.4) is 0 Å². The number of rotatable bonds is 9. The number of hydroxylamine groups is 1. The Bertz CT molecular complexity index is 1300. The van der Waals surface area contributed by atoms with Crippen molar-refractivity contribution in [2.24, 2.45) is 0 Å². The van der Waals surface area contributed by atoms with E-state index in [4.69, 9.17) is 9.57 Å². The van der Waals surface area contributed by atoms with Crippen LogP contribution in [0.4, 0.5) is 28.7 Å².